The van der Waals surface area contributed by atoms with E-state index in [0.29, 0.717) is 19.3 Å². The maximum Gasteiger partial charge on any atom is 0.178 e. The van der Waals surface area contributed by atoms with Crippen molar-refractivity contribution >= 4 is 44.9 Å². The number of rotatable bonds is 4. The van der Waals surface area contributed by atoms with Gasteiger partial charge in [-0.1, -0.05) is 42.5 Å². The standard InChI is InChI=1S/C33H36FNO5S2/c1-29-14-11-20(36)15-19(29)9-10-21-22-16-27-33(40-31(39-27)12-5-6-13-31,30(22,2)17-25(37)32(21,29)34)26(38)18-41-28-35-23-7-3-4-8-24(23)42-28/h3-4,7-8,11,14-15,21-22,25,27,37H,5-6,9-10,12-13,16-18H2,1-2H3/t21?,22?,25-,27+,29?,30?,32-,33+/m0/s1. The Morgan fingerprint density at radius 3 is 2.79 bits per heavy atom. The number of aromatic nitrogens is 1. The van der Waals surface area contributed by atoms with E-state index >= 15 is 4.39 Å². The van der Waals surface area contributed by atoms with Gasteiger partial charge in [0.1, 0.15) is 0 Å². The Morgan fingerprint density at radius 1 is 1.21 bits per heavy atom. The number of benzene rings is 1. The Hall–Kier alpha value is -1.91. The van der Waals surface area contributed by atoms with E-state index < -0.39 is 46.0 Å². The van der Waals surface area contributed by atoms with Crippen LogP contribution in [0.2, 0.25) is 0 Å². The lowest BCUT2D eigenvalue weighted by atomic mass is 9.44. The van der Waals surface area contributed by atoms with Gasteiger partial charge < -0.3 is 14.6 Å². The second-order valence-corrected chi connectivity index (χ2v) is 16.0. The number of allylic oxidation sites excluding steroid dienone is 4. The summed E-state index contributed by atoms with van der Waals surface area (Å²) < 4.78 is 33.4. The van der Waals surface area contributed by atoms with E-state index in [1.807, 2.05) is 38.1 Å². The molecule has 42 heavy (non-hydrogen) atoms. The Kier molecular flexibility index (Phi) is 5.96. The summed E-state index contributed by atoms with van der Waals surface area (Å²) in [5.74, 6) is -1.50. The van der Waals surface area contributed by atoms with Crippen molar-refractivity contribution in [3.8, 4) is 0 Å². The van der Waals surface area contributed by atoms with Crippen LogP contribution in [0.4, 0.5) is 4.39 Å². The molecule has 2 heterocycles. The van der Waals surface area contributed by atoms with Crippen LogP contribution in [0.1, 0.15) is 65.2 Å². The molecular formula is C33H36FNO5S2. The number of alkyl halides is 1. The fraction of sp³-hybridized carbons (Fsp3) is 0.606. The summed E-state index contributed by atoms with van der Waals surface area (Å²) in [6, 6.07) is 7.95. The molecule has 8 atom stereocenters. The summed E-state index contributed by atoms with van der Waals surface area (Å²) in [6.45, 7) is 3.87. The first kappa shape index (κ1) is 27.6. The van der Waals surface area contributed by atoms with Crippen LogP contribution in [0.15, 0.2) is 52.4 Å². The molecule has 0 amide bonds. The highest BCUT2D eigenvalue weighted by atomic mass is 32.2. The summed E-state index contributed by atoms with van der Waals surface area (Å²) in [5.41, 5.74) is -3.42. The third-order valence-electron chi connectivity index (χ3n) is 11.9. The molecule has 5 aliphatic carbocycles. The van der Waals surface area contributed by atoms with Crippen molar-refractivity contribution in [2.75, 3.05) is 5.75 Å². The number of para-hydroxylation sites is 1. The van der Waals surface area contributed by atoms with Gasteiger partial charge in [-0.25, -0.2) is 9.37 Å². The third-order valence-corrected chi connectivity index (χ3v) is 14.1. The van der Waals surface area contributed by atoms with Gasteiger partial charge in [0, 0.05) is 29.6 Å². The van der Waals surface area contributed by atoms with Gasteiger partial charge in [0.15, 0.2) is 33.0 Å². The molecule has 4 saturated carbocycles. The first-order valence-electron chi connectivity index (χ1n) is 15.3. The number of fused-ring (bicyclic) bond motifs is 8. The topological polar surface area (TPSA) is 85.7 Å². The van der Waals surface area contributed by atoms with E-state index in [1.165, 1.54) is 17.8 Å². The molecule has 1 saturated heterocycles. The number of aliphatic hydroxyl groups is 1. The van der Waals surface area contributed by atoms with Gasteiger partial charge in [0.25, 0.3) is 0 Å². The van der Waals surface area contributed by atoms with Crippen molar-refractivity contribution in [3.63, 3.8) is 0 Å². The minimum Gasteiger partial charge on any atom is -0.390 e. The minimum atomic E-state index is -1.96. The molecule has 1 spiro atoms. The Bertz CT molecular complexity index is 1530. The number of thioether (sulfide) groups is 1. The number of halogens is 1. The quantitative estimate of drug-likeness (QED) is 0.404. The minimum absolute atomic E-state index is 0.0464. The molecule has 9 heteroatoms. The van der Waals surface area contributed by atoms with Crippen LogP contribution in [0.25, 0.3) is 10.2 Å². The number of thiazole rings is 1. The van der Waals surface area contributed by atoms with E-state index in [2.05, 4.69) is 0 Å². The van der Waals surface area contributed by atoms with Crippen molar-refractivity contribution in [1.29, 1.82) is 0 Å². The number of hydrogen-bond acceptors (Lipinski definition) is 8. The molecule has 1 aromatic carbocycles. The Morgan fingerprint density at radius 2 is 2.00 bits per heavy atom. The number of carbonyl (C=O) groups excluding carboxylic acids is 2. The predicted molar refractivity (Wildman–Crippen MR) is 159 cm³/mol. The molecule has 1 aliphatic heterocycles. The second kappa shape index (κ2) is 9.07. The molecule has 0 bridgehead atoms. The monoisotopic (exact) mass is 609 g/mol. The zero-order chi connectivity index (χ0) is 29.1. The van der Waals surface area contributed by atoms with E-state index in [0.717, 1.165) is 45.8 Å². The zero-order valence-corrected chi connectivity index (χ0v) is 25.6. The van der Waals surface area contributed by atoms with Gasteiger partial charge in [0.05, 0.1) is 28.2 Å². The molecule has 222 valence electrons. The molecule has 8 rings (SSSR count). The first-order valence-corrected chi connectivity index (χ1v) is 17.1. The van der Waals surface area contributed by atoms with Crippen LogP contribution in [0.3, 0.4) is 0 Å². The van der Waals surface area contributed by atoms with Crippen molar-refractivity contribution in [2.45, 2.75) is 98.8 Å². The SMILES string of the molecule is CC12C[C@H](O)[C@@]3(F)C(CCC4=CC(=O)C=CC43C)C1C[C@H]1OC3(CCCC3)O[C@]12C(=O)CSc1nc2ccccc2s1. The third kappa shape index (κ3) is 3.40. The number of Topliss-reactive ketones (excluding diaryl/α,β-unsaturated/α-hetero) is 1. The zero-order valence-electron chi connectivity index (χ0n) is 23.9. The summed E-state index contributed by atoms with van der Waals surface area (Å²) in [5, 5.41) is 11.9. The average Bonchev–Trinajstić information content (AvgIpc) is 3.72. The lowest BCUT2D eigenvalue weighted by Gasteiger charge is -2.62. The van der Waals surface area contributed by atoms with E-state index in [1.54, 1.807) is 23.5 Å². The molecule has 1 aromatic heterocycles. The fourth-order valence-corrected chi connectivity index (χ4v) is 11.9. The average molecular weight is 610 g/mol. The van der Waals surface area contributed by atoms with Crippen molar-refractivity contribution in [1.82, 2.24) is 4.98 Å². The smallest absolute Gasteiger partial charge is 0.178 e. The maximum atomic E-state index is 17.7. The second-order valence-electron chi connectivity index (χ2n) is 13.7. The molecule has 6 nitrogen and oxygen atoms in total. The number of carbonyl (C=O) groups is 2. The van der Waals surface area contributed by atoms with Gasteiger partial charge in [-0.15, -0.1) is 11.3 Å². The Balaban J connectivity index is 1.17. The molecule has 4 unspecified atom stereocenters. The van der Waals surface area contributed by atoms with Crippen LogP contribution in [0.5, 0.6) is 0 Å². The normalized spacial score (nSPS) is 43.2. The van der Waals surface area contributed by atoms with Crippen LogP contribution in [-0.2, 0) is 19.1 Å². The fourth-order valence-electron chi connectivity index (χ4n) is 9.91. The van der Waals surface area contributed by atoms with Crippen molar-refractivity contribution < 1.29 is 28.6 Å². The predicted octanol–water partition coefficient (Wildman–Crippen LogP) is 6.36. The number of ketones is 2. The lowest BCUT2D eigenvalue weighted by Crippen LogP contribution is -2.70. The number of ether oxygens (including phenoxy) is 2. The van der Waals surface area contributed by atoms with E-state index in [-0.39, 0.29) is 29.7 Å². The number of hydrogen-bond donors (Lipinski definition) is 1. The molecule has 2 aromatic rings. The van der Waals surface area contributed by atoms with Gasteiger partial charge in [-0.3, -0.25) is 9.59 Å². The number of nitrogens with zero attached hydrogens (tertiary/aromatic N) is 1. The molecule has 0 radical (unpaired) electrons. The first-order chi connectivity index (χ1) is 20.0. The van der Waals surface area contributed by atoms with Gasteiger partial charge in [-0.2, -0.15) is 0 Å². The van der Waals surface area contributed by atoms with Crippen LogP contribution in [0, 0.1) is 22.7 Å². The van der Waals surface area contributed by atoms with Gasteiger partial charge >= 0.3 is 0 Å². The van der Waals surface area contributed by atoms with E-state index in [4.69, 9.17) is 14.5 Å². The van der Waals surface area contributed by atoms with Gasteiger partial charge in [0.2, 0.25) is 0 Å². The van der Waals surface area contributed by atoms with Gasteiger partial charge in [-0.05, 0) is 75.7 Å². The molecular weight excluding hydrogens is 573 g/mol. The van der Waals surface area contributed by atoms with Crippen molar-refractivity contribution in [2.24, 2.45) is 22.7 Å². The number of aliphatic hydroxyl groups excluding tert-OH is 1. The highest BCUT2D eigenvalue weighted by Crippen LogP contribution is 2.73. The molecule has 6 aliphatic rings. The molecule has 5 fully saturated rings. The maximum absolute atomic E-state index is 17.7. The highest BCUT2D eigenvalue weighted by Gasteiger charge is 2.80. The van der Waals surface area contributed by atoms with E-state index in [9.17, 15) is 14.7 Å². The lowest BCUT2D eigenvalue weighted by molar-refractivity contribution is -0.252. The highest BCUT2D eigenvalue weighted by molar-refractivity contribution is 8.01. The molecule has 1 N–H and O–H groups in total. The van der Waals surface area contributed by atoms with Crippen LogP contribution < -0.4 is 0 Å². The van der Waals surface area contributed by atoms with Crippen LogP contribution in [-0.4, -0.2) is 56.7 Å². The summed E-state index contributed by atoms with van der Waals surface area (Å²) in [4.78, 5) is 31.6. The Labute approximate surface area is 253 Å². The van der Waals surface area contributed by atoms with Crippen LogP contribution >= 0.6 is 23.1 Å². The van der Waals surface area contributed by atoms with Crippen molar-refractivity contribution in [3.05, 3.63) is 48.1 Å². The summed E-state index contributed by atoms with van der Waals surface area (Å²) in [7, 11) is 0. The summed E-state index contributed by atoms with van der Waals surface area (Å²) >= 11 is 3.00. The summed E-state index contributed by atoms with van der Waals surface area (Å²) in [6.07, 6.45) is 8.04. The largest absolute Gasteiger partial charge is 0.390 e.